The lowest BCUT2D eigenvalue weighted by molar-refractivity contribution is -0.890. The van der Waals surface area contributed by atoms with Crippen LogP contribution in [0.2, 0.25) is 0 Å². The zero-order chi connectivity index (χ0) is 14.6. The van der Waals surface area contributed by atoms with Crippen LogP contribution >= 0.6 is 0 Å². The van der Waals surface area contributed by atoms with Crippen molar-refractivity contribution in [3.63, 3.8) is 0 Å². The van der Waals surface area contributed by atoms with Crippen molar-refractivity contribution in [1.82, 2.24) is 5.32 Å². The highest BCUT2D eigenvalue weighted by molar-refractivity contribution is 5.75. The van der Waals surface area contributed by atoms with Crippen molar-refractivity contribution in [3.8, 4) is 0 Å². The van der Waals surface area contributed by atoms with E-state index in [1.54, 1.807) is 7.11 Å². The van der Waals surface area contributed by atoms with Crippen LogP contribution in [-0.2, 0) is 9.53 Å². The fourth-order valence-corrected chi connectivity index (χ4v) is 1.88. The number of methoxy groups -OCH3 is 1. The molecule has 0 aromatic heterocycles. The van der Waals surface area contributed by atoms with Crippen LogP contribution in [0.5, 0.6) is 0 Å². The van der Waals surface area contributed by atoms with Crippen molar-refractivity contribution in [3.05, 3.63) is 0 Å². The first kappa shape index (κ1) is 18.4. The molecule has 0 heterocycles. The second-order valence-electron chi connectivity index (χ2n) is 5.68. The predicted molar refractivity (Wildman–Crippen MR) is 78.9 cm³/mol. The molecule has 0 rings (SSSR count). The van der Waals surface area contributed by atoms with Crippen LogP contribution < -0.4 is 11.1 Å². The third-order valence-corrected chi connectivity index (χ3v) is 3.27. The van der Waals surface area contributed by atoms with Gasteiger partial charge in [-0.2, -0.15) is 0 Å². The molecular weight excluding hydrogens is 242 g/mol. The third-order valence-electron chi connectivity index (χ3n) is 3.27. The van der Waals surface area contributed by atoms with Crippen LogP contribution in [0.3, 0.4) is 0 Å². The molecule has 5 heteroatoms. The van der Waals surface area contributed by atoms with E-state index in [0.29, 0.717) is 6.42 Å². The number of nitrogens with two attached hydrogens (primary N) is 1. The molecule has 0 aliphatic rings. The molecule has 0 aliphatic carbocycles. The zero-order valence-electron chi connectivity index (χ0n) is 12.9. The molecule has 5 nitrogen and oxygen atoms in total. The van der Waals surface area contributed by atoms with Gasteiger partial charge >= 0.3 is 0 Å². The standard InChI is InChI=1S/C14H31N3O2/c1-17(2,12-13-19-3)11-7-10-16-14(18)8-5-4-6-9-15/h4-13,15H2,1-3H3/p+1. The molecule has 1 amide bonds. The van der Waals surface area contributed by atoms with Gasteiger partial charge in [0.2, 0.25) is 5.91 Å². The molecule has 19 heavy (non-hydrogen) atoms. The maximum atomic E-state index is 11.5. The van der Waals surface area contributed by atoms with Gasteiger partial charge in [-0.25, -0.2) is 0 Å². The summed E-state index contributed by atoms with van der Waals surface area (Å²) < 4.78 is 6.02. The van der Waals surface area contributed by atoms with Gasteiger partial charge in [0.05, 0.1) is 27.2 Å². The van der Waals surface area contributed by atoms with Gasteiger partial charge in [-0.1, -0.05) is 6.42 Å². The first-order chi connectivity index (χ1) is 9.02. The topological polar surface area (TPSA) is 64.3 Å². The summed E-state index contributed by atoms with van der Waals surface area (Å²) in [4.78, 5) is 11.5. The molecule has 3 N–H and O–H groups in total. The quantitative estimate of drug-likeness (QED) is 0.407. The Labute approximate surface area is 118 Å². The molecule has 0 unspecified atom stereocenters. The lowest BCUT2D eigenvalue weighted by atomic mass is 10.2. The minimum absolute atomic E-state index is 0.166. The van der Waals surface area contributed by atoms with Crippen molar-refractivity contribution >= 4 is 5.91 Å². The average molecular weight is 274 g/mol. The van der Waals surface area contributed by atoms with Crippen LogP contribution in [0.4, 0.5) is 0 Å². The molecule has 0 aliphatic heterocycles. The molecule has 0 saturated heterocycles. The van der Waals surface area contributed by atoms with Gasteiger partial charge in [0.15, 0.2) is 0 Å². The number of rotatable bonds is 12. The minimum atomic E-state index is 0.166. The highest BCUT2D eigenvalue weighted by Gasteiger charge is 2.13. The predicted octanol–water partition coefficient (Wildman–Crippen LogP) is 0.735. The Morgan fingerprint density at radius 2 is 1.89 bits per heavy atom. The van der Waals surface area contributed by atoms with Crippen LogP contribution in [-0.4, -0.2) is 64.4 Å². The summed E-state index contributed by atoms with van der Waals surface area (Å²) in [6.45, 7) is 4.32. The molecule has 0 spiro atoms. The Morgan fingerprint density at radius 1 is 1.16 bits per heavy atom. The van der Waals surface area contributed by atoms with E-state index in [-0.39, 0.29) is 5.91 Å². The first-order valence-electron chi connectivity index (χ1n) is 7.29. The van der Waals surface area contributed by atoms with Crippen LogP contribution in [0.15, 0.2) is 0 Å². The van der Waals surface area contributed by atoms with E-state index in [0.717, 1.165) is 63.0 Å². The van der Waals surface area contributed by atoms with E-state index in [4.69, 9.17) is 10.5 Å². The van der Waals surface area contributed by atoms with Gasteiger partial charge in [-0.15, -0.1) is 0 Å². The summed E-state index contributed by atoms with van der Waals surface area (Å²) >= 11 is 0. The molecule has 0 bridgehead atoms. The highest BCUT2D eigenvalue weighted by Crippen LogP contribution is 2.00. The van der Waals surface area contributed by atoms with Gasteiger partial charge in [0.25, 0.3) is 0 Å². The molecule has 0 aromatic carbocycles. The number of quaternary nitrogens is 1. The molecular formula is C14H32N3O2+. The maximum absolute atomic E-state index is 11.5. The Balaban J connectivity index is 3.49. The number of hydrogen-bond donors (Lipinski definition) is 2. The zero-order valence-corrected chi connectivity index (χ0v) is 12.9. The molecule has 114 valence electrons. The van der Waals surface area contributed by atoms with Gasteiger partial charge in [0, 0.05) is 26.5 Å². The largest absolute Gasteiger partial charge is 0.379 e. The number of nitrogens with one attached hydrogen (secondary N) is 1. The van der Waals surface area contributed by atoms with Crippen molar-refractivity contribution < 1.29 is 14.0 Å². The number of amides is 1. The maximum Gasteiger partial charge on any atom is 0.219 e. The van der Waals surface area contributed by atoms with E-state index >= 15 is 0 Å². The molecule has 0 radical (unpaired) electrons. The van der Waals surface area contributed by atoms with Crippen molar-refractivity contribution in [2.24, 2.45) is 5.73 Å². The molecule has 0 aromatic rings. The fraction of sp³-hybridized carbons (Fsp3) is 0.929. The fourth-order valence-electron chi connectivity index (χ4n) is 1.88. The SMILES string of the molecule is COCC[N+](C)(C)CCCNC(=O)CCCCCN. The number of unbranched alkanes of at least 4 members (excludes halogenated alkanes) is 2. The van der Waals surface area contributed by atoms with E-state index in [1.165, 1.54) is 0 Å². The monoisotopic (exact) mass is 274 g/mol. The van der Waals surface area contributed by atoms with Gasteiger partial charge in [-0.3, -0.25) is 4.79 Å². The van der Waals surface area contributed by atoms with Gasteiger partial charge in [-0.05, 0) is 19.4 Å². The average Bonchev–Trinajstić information content (AvgIpc) is 2.37. The first-order valence-corrected chi connectivity index (χ1v) is 7.29. The lowest BCUT2D eigenvalue weighted by Gasteiger charge is -2.29. The molecule has 0 saturated carbocycles. The summed E-state index contributed by atoms with van der Waals surface area (Å²) in [6.07, 6.45) is 4.63. The smallest absolute Gasteiger partial charge is 0.219 e. The minimum Gasteiger partial charge on any atom is -0.379 e. The van der Waals surface area contributed by atoms with Crippen molar-refractivity contribution in [2.45, 2.75) is 32.1 Å². The summed E-state index contributed by atoms with van der Waals surface area (Å²) in [5.41, 5.74) is 5.41. The summed E-state index contributed by atoms with van der Waals surface area (Å²) in [5, 5.41) is 2.98. The summed E-state index contributed by atoms with van der Waals surface area (Å²) in [7, 11) is 6.10. The summed E-state index contributed by atoms with van der Waals surface area (Å²) in [6, 6.07) is 0. The number of hydrogen-bond acceptors (Lipinski definition) is 3. The van der Waals surface area contributed by atoms with Crippen LogP contribution in [0.1, 0.15) is 32.1 Å². The van der Waals surface area contributed by atoms with E-state index in [9.17, 15) is 4.79 Å². The Morgan fingerprint density at radius 3 is 2.53 bits per heavy atom. The van der Waals surface area contributed by atoms with Crippen molar-refractivity contribution in [2.75, 3.05) is 54.0 Å². The van der Waals surface area contributed by atoms with Crippen molar-refractivity contribution in [1.29, 1.82) is 0 Å². The summed E-state index contributed by atoms with van der Waals surface area (Å²) in [5.74, 6) is 0.166. The Kier molecular flexibility index (Phi) is 10.8. The van der Waals surface area contributed by atoms with E-state index in [1.807, 2.05) is 0 Å². The van der Waals surface area contributed by atoms with E-state index in [2.05, 4.69) is 19.4 Å². The second kappa shape index (κ2) is 11.2. The number of likely N-dealkylation sites (N-methyl/N-ethyl adjacent to an activating group) is 1. The number of carbonyl (C=O) groups is 1. The van der Waals surface area contributed by atoms with E-state index < -0.39 is 0 Å². The Hall–Kier alpha value is -0.650. The van der Waals surface area contributed by atoms with Crippen LogP contribution in [0, 0.1) is 0 Å². The van der Waals surface area contributed by atoms with Gasteiger partial charge < -0.3 is 20.3 Å². The van der Waals surface area contributed by atoms with Crippen LogP contribution in [0.25, 0.3) is 0 Å². The van der Waals surface area contributed by atoms with Gasteiger partial charge in [0.1, 0.15) is 6.54 Å². The number of ether oxygens (including phenoxy) is 1. The lowest BCUT2D eigenvalue weighted by Crippen LogP contribution is -2.44. The molecule has 0 fully saturated rings. The number of carbonyl (C=O) groups excluding carboxylic acids is 1. The molecule has 0 atom stereocenters. The normalized spacial score (nSPS) is 11.6. The third kappa shape index (κ3) is 12.1. The second-order valence-corrected chi connectivity index (χ2v) is 5.68. The number of nitrogens with zero attached hydrogens (tertiary/aromatic N) is 1. The Bertz CT molecular complexity index is 233. The highest BCUT2D eigenvalue weighted by atomic mass is 16.5.